The Morgan fingerprint density at radius 3 is 2.25 bits per heavy atom. The zero-order valence-electron chi connectivity index (χ0n) is 10.0. The van der Waals surface area contributed by atoms with Crippen LogP contribution >= 0.6 is 21.6 Å². The Bertz CT molecular complexity index is 379. The van der Waals surface area contributed by atoms with Gasteiger partial charge in [0.2, 0.25) is 0 Å². The summed E-state index contributed by atoms with van der Waals surface area (Å²) in [4.78, 5) is 0. The van der Waals surface area contributed by atoms with E-state index in [1.165, 1.54) is 0 Å². The second-order valence-corrected chi connectivity index (χ2v) is 7.00. The molecule has 16 heavy (non-hydrogen) atoms. The lowest BCUT2D eigenvalue weighted by atomic mass is 10.2. The predicted octanol–water partition coefficient (Wildman–Crippen LogP) is 4.18. The smallest absolute Gasteiger partial charge is 0.118 e. The molecule has 0 heterocycles. The summed E-state index contributed by atoms with van der Waals surface area (Å²) in [6.07, 6.45) is 0. The first kappa shape index (κ1) is 13.3. The molecule has 0 unspecified atom stereocenters. The van der Waals surface area contributed by atoms with E-state index in [1.54, 1.807) is 28.7 Å². The van der Waals surface area contributed by atoms with Gasteiger partial charge in [0.25, 0.3) is 0 Å². The first-order valence-electron chi connectivity index (χ1n) is 5.01. The van der Waals surface area contributed by atoms with E-state index in [-0.39, 0.29) is 4.75 Å². The van der Waals surface area contributed by atoms with Crippen molar-refractivity contribution in [3.8, 4) is 16.9 Å². The van der Waals surface area contributed by atoms with Gasteiger partial charge in [-0.05, 0) is 40.3 Å². The highest BCUT2D eigenvalue weighted by Crippen LogP contribution is 2.34. The van der Waals surface area contributed by atoms with E-state index in [9.17, 15) is 0 Å². The highest BCUT2D eigenvalue weighted by molar-refractivity contribution is 8.79. The van der Waals surface area contributed by atoms with Gasteiger partial charge in [-0.25, -0.2) is 0 Å². The van der Waals surface area contributed by atoms with Gasteiger partial charge in [-0.15, -0.1) is 0 Å². The summed E-state index contributed by atoms with van der Waals surface area (Å²) in [7, 11) is 5.03. The van der Waals surface area contributed by atoms with Crippen LogP contribution in [-0.2, 0) is 0 Å². The molecule has 0 radical (unpaired) electrons. The van der Waals surface area contributed by atoms with Gasteiger partial charge in [-0.3, -0.25) is 0 Å². The van der Waals surface area contributed by atoms with Gasteiger partial charge >= 0.3 is 0 Å². The maximum Gasteiger partial charge on any atom is 0.118 e. The number of hydrogen-bond acceptors (Lipinski definition) is 3. The molecule has 0 aliphatic rings. The molecule has 0 aromatic heterocycles. The van der Waals surface area contributed by atoms with Crippen LogP contribution < -0.4 is 4.74 Å². The molecular weight excluding hydrogens is 236 g/mol. The molecule has 1 aromatic carbocycles. The van der Waals surface area contributed by atoms with Gasteiger partial charge < -0.3 is 4.74 Å². The third kappa shape index (κ3) is 5.39. The molecule has 0 bridgehead atoms. The van der Waals surface area contributed by atoms with Gasteiger partial charge in [0, 0.05) is 10.3 Å². The molecular formula is C13H16OS2. The molecule has 0 saturated carbocycles. The third-order valence-corrected chi connectivity index (χ3v) is 4.39. The van der Waals surface area contributed by atoms with Gasteiger partial charge in [0.05, 0.1) is 7.11 Å². The summed E-state index contributed by atoms with van der Waals surface area (Å²) >= 11 is 0. The van der Waals surface area contributed by atoms with Crippen LogP contribution in [0.25, 0.3) is 0 Å². The number of ether oxygens (including phenoxy) is 1. The number of hydrogen-bond donors (Lipinski definition) is 0. The molecule has 0 atom stereocenters. The van der Waals surface area contributed by atoms with E-state index in [1.807, 2.05) is 24.3 Å². The molecule has 0 spiro atoms. The second kappa shape index (κ2) is 6.12. The van der Waals surface area contributed by atoms with Crippen molar-refractivity contribution in [3.05, 3.63) is 29.8 Å². The van der Waals surface area contributed by atoms with Crippen molar-refractivity contribution in [2.24, 2.45) is 0 Å². The predicted molar refractivity (Wildman–Crippen MR) is 74.8 cm³/mol. The zero-order chi connectivity index (χ0) is 12.0. The Labute approximate surface area is 106 Å². The van der Waals surface area contributed by atoms with E-state index in [0.717, 1.165) is 11.3 Å². The molecule has 0 saturated heterocycles. The van der Waals surface area contributed by atoms with Gasteiger partial charge in [0.15, 0.2) is 0 Å². The number of methoxy groups -OCH3 is 1. The minimum atomic E-state index is 0.249. The average Bonchev–Trinajstić information content (AvgIpc) is 2.24. The topological polar surface area (TPSA) is 9.23 Å². The number of rotatable bonds is 2. The van der Waals surface area contributed by atoms with Crippen molar-refractivity contribution in [1.82, 2.24) is 0 Å². The highest BCUT2D eigenvalue weighted by Gasteiger charge is 2.09. The molecule has 1 rings (SSSR count). The summed E-state index contributed by atoms with van der Waals surface area (Å²) in [5.74, 6) is 3.97. The highest BCUT2D eigenvalue weighted by atomic mass is 33.1. The molecule has 0 amide bonds. The Morgan fingerprint density at radius 2 is 1.75 bits per heavy atom. The Morgan fingerprint density at radius 1 is 1.12 bits per heavy atom. The average molecular weight is 252 g/mol. The largest absolute Gasteiger partial charge is 0.497 e. The summed E-state index contributed by atoms with van der Waals surface area (Å²) in [6, 6.07) is 7.78. The minimum Gasteiger partial charge on any atom is -0.497 e. The summed E-state index contributed by atoms with van der Waals surface area (Å²) in [5, 5.41) is 3.08. The summed E-state index contributed by atoms with van der Waals surface area (Å²) in [6.45, 7) is 6.54. The first-order chi connectivity index (χ1) is 7.51. The second-order valence-electron chi connectivity index (χ2n) is 4.23. The monoisotopic (exact) mass is 252 g/mol. The lowest BCUT2D eigenvalue weighted by Gasteiger charge is -2.13. The van der Waals surface area contributed by atoms with E-state index in [0.29, 0.717) is 0 Å². The normalized spacial score (nSPS) is 10.5. The van der Waals surface area contributed by atoms with Crippen LogP contribution in [-0.4, -0.2) is 11.9 Å². The van der Waals surface area contributed by atoms with Crippen molar-refractivity contribution in [2.75, 3.05) is 7.11 Å². The van der Waals surface area contributed by atoms with Gasteiger partial charge in [-0.1, -0.05) is 37.5 Å². The molecule has 3 heteroatoms. The SMILES string of the molecule is COc1ccc(C#CSSC(C)(C)C)cc1. The van der Waals surface area contributed by atoms with Crippen LogP contribution in [0, 0.1) is 11.2 Å². The fourth-order valence-electron chi connectivity index (χ4n) is 0.900. The molecule has 0 fully saturated rings. The summed E-state index contributed by atoms with van der Waals surface area (Å²) in [5.41, 5.74) is 1.02. The fraction of sp³-hybridized carbons (Fsp3) is 0.385. The Balaban J connectivity index is 2.50. The summed E-state index contributed by atoms with van der Waals surface area (Å²) < 4.78 is 5.33. The maximum atomic E-state index is 5.08. The maximum absolute atomic E-state index is 5.08. The van der Waals surface area contributed by atoms with E-state index in [2.05, 4.69) is 31.9 Å². The lowest BCUT2D eigenvalue weighted by molar-refractivity contribution is 0.415. The minimum absolute atomic E-state index is 0.249. The lowest BCUT2D eigenvalue weighted by Crippen LogP contribution is -2.03. The van der Waals surface area contributed by atoms with Crippen LogP contribution in [0.5, 0.6) is 5.75 Å². The molecule has 1 aromatic rings. The van der Waals surface area contributed by atoms with Crippen molar-refractivity contribution in [1.29, 1.82) is 0 Å². The Kier molecular flexibility index (Phi) is 5.11. The van der Waals surface area contributed by atoms with Crippen molar-refractivity contribution >= 4 is 21.6 Å². The van der Waals surface area contributed by atoms with Crippen molar-refractivity contribution in [3.63, 3.8) is 0 Å². The molecule has 86 valence electrons. The molecule has 1 nitrogen and oxygen atoms in total. The fourth-order valence-corrected chi connectivity index (χ4v) is 2.35. The quantitative estimate of drug-likeness (QED) is 0.577. The molecule has 0 aliphatic heterocycles. The van der Waals surface area contributed by atoms with Crippen LogP contribution in [0.15, 0.2) is 24.3 Å². The van der Waals surface area contributed by atoms with Crippen LogP contribution in [0.1, 0.15) is 26.3 Å². The van der Waals surface area contributed by atoms with E-state index >= 15 is 0 Å². The first-order valence-corrected chi connectivity index (χ1v) is 7.16. The van der Waals surface area contributed by atoms with Crippen molar-refractivity contribution in [2.45, 2.75) is 25.5 Å². The van der Waals surface area contributed by atoms with Gasteiger partial charge in [-0.2, -0.15) is 0 Å². The standard InChI is InChI=1S/C13H16OS2/c1-13(2,3)16-15-10-9-11-5-7-12(14-4)8-6-11/h5-8H,1-4H3. The molecule has 0 aliphatic carbocycles. The van der Waals surface area contributed by atoms with Crippen LogP contribution in [0.3, 0.4) is 0 Å². The number of benzene rings is 1. The third-order valence-electron chi connectivity index (χ3n) is 1.62. The Hall–Kier alpha value is -0.720. The van der Waals surface area contributed by atoms with E-state index in [4.69, 9.17) is 4.74 Å². The molecule has 0 N–H and O–H groups in total. The zero-order valence-corrected chi connectivity index (χ0v) is 11.7. The van der Waals surface area contributed by atoms with Gasteiger partial charge in [0.1, 0.15) is 5.75 Å². The van der Waals surface area contributed by atoms with Crippen LogP contribution in [0.2, 0.25) is 0 Å². The van der Waals surface area contributed by atoms with Crippen LogP contribution in [0.4, 0.5) is 0 Å². The van der Waals surface area contributed by atoms with Crippen molar-refractivity contribution < 1.29 is 4.74 Å². The van der Waals surface area contributed by atoms with E-state index < -0.39 is 0 Å².